The summed E-state index contributed by atoms with van der Waals surface area (Å²) < 4.78 is 5.23. The summed E-state index contributed by atoms with van der Waals surface area (Å²) >= 11 is 0. The highest BCUT2D eigenvalue weighted by atomic mass is 16.5. The largest absolute Gasteiger partial charge is 0.511 e. The van der Waals surface area contributed by atoms with Gasteiger partial charge in [-0.15, -0.1) is 0 Å². The first-order chi connectivity index (χ1) is 16.8. The van der Waals surface area contributed by atoms with Gasteiger partial charge in [-0.1, -0.05) is 26.8 Å². The van der Waals surface area contributed by atoms with Crippen molar-refractivity contribution >= 4 is 29.3 Å². The Bertz CT molecular complexity index is 1240. The van der Waals surface area contributed by atoms with Crippen molar-refractivity contribution in [3.63, 3.8) is 0 Å². The van der Waals surface area contributed by atoms with Gasteiger partial charge >= 0.3 is 6.09 Å². The zero-order valence-corrected chi connectivity index (χ0v) is 20.4. The van der Waals surface area contributed by atoms with Crippen molar-refractivity contribution in [2.45, 2.75) is 46.6 Å². The van der Waals surface area contributed by atoms with Crippen molar-refractivity contribution in [1.82, 2.24) is 5.32 Å². The highest BCUT2D eigenvalue weighted by molar-refractivity contribution is 6.21. The highest BCUT2D eigenvalue weighted by Crippen LogP contribution is 2.50. The van der Waals surface area contributed by atoms with Gasteiger partial charge in [0.1, 0.15) is 22.8 Å². The first-order valence-electron chi connectivity index (χ1n) is 11.8. The number of phenols is 1. The van der Waals surface area contributed by atoms with Crippen molar-refractivity contribution in [3.05, 3.63) is 45.7 Å². The van der Waals surface area contributed by atoms with E-state index < -0.39 is 58.4 Å². The normalized spacial score (nSPS) is 23.6. The van der Waals surface area contributed by atoms with Crippen LogP contribution in [0.3, 0.4) is 0 Å². The van der Waals surface area contributed by atoms with E-state index in [0.29, 0.717) is 17.5 Å². The minimum Gasteiger partial charge on any atom is -0.511 e. The number of hydrogen-bond donors (Lipinski definition) is 5. The Morgan fingerprint density at radius 2 is 1.83 bits per heavy atom. The molecule has 0 radical (unpaired) electrons. The molecule has 1 aromatic rings. The number of benzene rings is 1. The van der Waals surface area contributed by atoms with Gasteiger partial charge in [0.25, 0.3) is 5.91 Å². The van der Waals surface area contributed by atoms with Gasteiger partial charge in [-0.05, 0) is 47.3 Å². The van der Waals surface area contributed by atoms with Crippen LogP contribution in [0.1, 0.15) is 50.3 Å². The van der Waals surface area contributed by atoms with Gasteiger partial charge in [0.05, 0.1) is 18.1 Å². The number of phenolic OH excluding ortho intramolecular Hbond substituents is 1. The molecule has 192 valence electrons. The second-order valence-electron chi connectivity index (χ2n) is 10.8. The van der Waals surface area contributed by atoms with Gasteiger partial charge in [0.2, 0.25) is 0 Å². The lowest BCUT2D eigenvalue weighted by Gasteiger charge is -2.41. The van der Waals surface area contributed by atoms with Crippen LogP contribution in [0.25, 0.3) is 5.76 Å². The smallest absolute Gasteiger partial charge is 0.407 e. The number of alkyl carbamates (subject to hydrolysis) is 1. The molecular formula is C26H30N2O8. The van der Waals surface area contributed by atoms with Gasteiger partial charge in [0, 0.05) is 18.5 Å². The van der Waals surface area contributed by atoms with Crippen molar-refractivity contribution in [2.75, 3.05) is 6.61 Å². The van der Waals surface area contributed by atoms with Crippen molar-refractivity contribution in [2.24, 2.45) is 28.9 Å². The number of Topliss-reactive ketones (excluding diaryl/α,β-unsaturated/α-hetero) is 2. The number of aliphatic hydroxyl groups is 2. The number of nitrogens with one attached hydrogen (secondary N) is 1. The van der Waals surface area contributed by atoms with E-state index in [-0.39, 0.29) is 48.3 Å². The Morgan fingerprint density at radius 3 is 2.47 bits per heavy atom. The molecule has 0 heterocycles. The zero-order chi connectivity index (χ0) is 26.5. The summed E-state index contributed by atoms with van der Waals surface area (Å²) in [5.41, 5.74) is 5.80. The van der Waals surface area contributed by atoms with E-state index in [1.54, 1.807) is 6.07 Å². The Kier molecular flexibility index (Phi) is 6.32. The quantitative estimate of drug-likeness (QED) is 0.393. The van der Waals surface area contributed by atoms with Crippen LogP contribution in [0.2, 0.25) is 0 Å². The first kappa shape index (κ1) is 25.3. The van der Waals surface area contributed by atoms with Gasteiger partial charge in [0.15, 0.2) is 11.6 Å². The summed E-state index contributed by atoms with van der Waals surface area (Å²) in [5.74, 6) is -5.82. The van der Waals surface area contributed by atoms with Crippen LogP contribution in [0.5, 0.6) is 5.75 Å². The van der Waals surface area contributed by atoms with Crippen molar-refractivity contribution in [1.29, 1.82) is 0 Å². The number of primary amides is 1. The summed E-state index contributed by atoms with van der Waals surface area (Å²) in [5, 5.41) is 34.9. The molecule has 0 spiro atoms. The van der Waals surface area contributed by atoms with E-state index in [4.69, 9.17) is 10.5 Å². The number of fused-ring (bicyclic) bond motifs is 3. The summed E-state index contributed by atoms with van der Waals surface area (Å²) in [7, 11) is 0. The standard InChI is InChI=1S/C26H30N2O8/c1-26(2,3)10-36-25(35)28-9-11-4-5-15(29)19-14(11)7-12-6-13-8-16(30)20(24(27)34)23(33)18(13)21(31)17(12)22(19)32/h4-5,12-13,18,29,32-33H,6-10H2,1-3H3,(H2,27,34)(H,28,35)/t12-,13+,18?/m1/s1. The third kappa shape index (κ3) is 4.43. The van der Waals surface area contributed by atoms with E-state index in [2.05, 4.69) is 5.32 Å². The number of amides is 2. The molecule has 10 heteroatoms. The number of allylic oxidation sites excluding steroid dienone is 2. The number of nitrogens with two attached hydrogens (primary N) is 1. The van der Waals surface area contributed by atoms with E-state index in [1.165, 1.54) is 6.07 Å². The summed E-state index contributed by atoms with van der Waals surface area (Å²) in [4.78, 5) is 49.7. The predicted octanol–water partition coefficient (Wildman–Crippen LogP) is 2.58. The summed E-state index contributed by atoms with van der Waals surface area (Å²) in [6.45, 7) is 6.10. The molecular weight excluding hydrogens is 468 g/mol. The molecule has 4 rings (SSSR count). The zero-order valence-electron chi connectivity index (χ0n) is 20.4. The Hall–Kier alpha value is -3.82. The van der Waals surface area contributed by atoms with Gasteiger partial charge in [-0.2, -0.15) is 0 Å². The second kappa shape index (κ2) is 9.00. The number of rotatable bonds is 4. The molecule has 6 N–H and O–H groups in total. The molecule has 1 unspecified atom stereocenters. The molecule has 0 saturated heterocycles. The van der Waals surface area contributed by atoms with E-state index in [9.17, 15) is 34.5 Å². The fraction of sp³-hybridized carbons (Fsp3) is 0.462. The van der Waals surface area contributed by atoms with Crippen LogP contribution in [-0.4, -0.2) is 45.5 Å². The van der Waals surface area contributed by atoms with Crippen molar-refractivity contribution in [3.8, 4) is 5.75 Å². The lowest BCUT2D eigenvalue weighted by Crippen LogP contribution is -2.44. The van der Waals surface area contributed by atoms with Crippen LogP contribution in [0.4, 0.5) is 4.79 Å². The van der Waals surface area contributed by atoms with Crippen LogP contribution >= 0.6 is 0 Å². The van der Waals surface area contributed by atoms with E-state index in [0.717, 1.165) is 0 Å². The molecule has 2 amide bonds. The Labute approximate surface area is 207 Å². The molecule has 36 heavy (non-hydrogen) atoms. The first-order valence-corrected chi connectivity index (χ1v) is 11.8. The van der Waals surface area contributed by atoms with E-state index >= 15 is 0 Å². The predicted molar refractivity (Wildman–Crippen MR) is 128 cm³/mol. The number of ether oxygens (including phenoxy) is 1. The van der Waals surface area contributed by atoms with E-state index in [1.807, 2.05) is 20.8 Å². The average molecular weight is 499 g/mol. The maximum atomic E-state index is 13.4. The highest BCUT2D eigenvalue weighted by Gasteiger charge is 2.50. The number of carbonyl (C=O) groups excluding carboxylic acids is 4. The lowest BCUT2D eigenvalue weighted by molar-refractivity contribution is -0.127. The molecule has 1 fully saturated rings. The monoisotopic (exact) mass is 498 g/mol. The number of ketones is 2. The Balaban J connectivity index is 1.67. The number of aromatic hydroxyl groups is 1. The maximum absolute atomic E-state index is 13.4. The maximum Gasteiger partial charge on any atom is 0.407 e. The Morgan fingerprint density at radius 1 is 1.14 bits per heavy atom. The summed E-state index contributed by atoms with van der Waals surface area (Å²) in [6.07, 6.45) is -0.155. The van der Waals surface area contributed by atoms with Crippen LogP contribution in [0.15, 0.2) is 29.0 Å². The topological polar surface area (TPSA) is 176 Å². The minimum atomic E-state index is -1.16. The molecule has 3 atom stereocenters. The molecule has 1 aromatic carbocycles. The third-order valence-electron chi connectivity index (χ3n) is 6.93. The third-order valence-corrected chi connectivity index (χ3v) is 6.93. The molecule has 1 saturated carbocycles. The van der Waals surface area contributed by atoms with Gasteiger partial charge in [-0.3, -0.25) is 14.4 Å². The minimum absolute atomic E-state index is 0.0402. The average Bonchev–Trinajstić information content (AvgIpc) is 2.75. The summed E-state index contributed by atoms with van der Waals surface area (Å²) in [6, 6.07) is 2.99. The number of aliphatic hydroxyl groups excluding tert-OH is 2. The SMILES string of the molecule is CC(C)(C)COC(=O)NCc1ccc(O)c2c1C[C@H]1C[C@H]3CC(=O)C(C(N)=O)=C(O)C3C(=O)C1=C2O. The van der Waals surface area contributed by atoms with Crippen LogP contribution in [0, 0.1) is 23.2 Å². The molecule has 0 aliphatic heterocycles. The fourth-order valence-corrected chi connectivity index (χ4v) is 5.37. The number of carbonyl (C=O) groups is 4. The second-order valence-corrected chi connectivity index (χ2v) is 10.8. The van der Waals surface area contributed by atoms with Crippen LogP contribution < -0.4 is 11.1 Å². The van der Waals surface area contributed by atoms with Crippen LogP contribution in [-0.2, 0) is 32.1 Å². The molecule has 0 bridgehead atoms. The fourth-order valence-electron chi connectivity index (χ4n) is 5.37. The molecule has 3 aliphatic carbocycles. The van der Waals surface area contributed by atoms with Crippen molar-refractivity contribution < 1.29 is 39.2 Å². The van der Waals surface area contributed by atoms with Gasteiger partial charge in [-0.25, -0.2) is 4.79 Å². The number of hydrogen-bond acceptors (Lipinski definition) is 8. The molecule has 3 aliphatic rings. The molecule has 10 nitrogen and oxygen atoms in total. The molecule has 0 aromatic heterocycles. The van der Waals surface area contributed by atoms with Gasteiger partial charge < -0.3 is 31.1 Å². The lowest BCUT2D eigenvalue weighted by atomic mass is 9.61.